The maximum Gasteiger partial charge on any atom is 0.359 e. The molecule has 0 rings (SSSR count). The first-order chi connectivity index (χ1) is 4.99. The molecule has 0 aliphatic carbocycles. The predicted molar refractivity (Wildman–Crippen MR) is 37.6 cm³/mol. The van der Waals surface area contributed by atoms with Gasteiger partial charge >= 0.3 is 5.97 Å². The van der Waals surface area contributed by atoms with E-state index in [1.165, 1.54) is 0 Å². The summed E-state index contributed by atoms with van der Waals surface area (Å²) in [5.74, 6) is 3.35. The van der Waals surface area contributed by atoms with Gasteiger partial charge in [0.05, 0.1) is 6.07 Å². The van der Waals surface area contributed by atoms with Gasteiger partial charge in [-0.1, -0.05) is 13.8 Å². The zero-order chi connectivity index (χ0) is 9.07. The van der Waals surface area contributed by atoms with Crippen LogP contribution in [-0.4, -0.2) is 11.5 Å². The number of rotatable bonds is 2. The zero-order valence-electron chi connectivity index (χ0n) is 6.50. The first-order valence-electron chi connectivity index (χ1n) is 3.10. The van der Waals surface area contributed by atoms with Crippen LogP contribution in [0.5, 0.6) is 0 Å². The Morgan fingerprint density at radius 1 is 1.73 bits per heavy atom. The number of nitrogens with two attached hydrogens (primary N) is 2. The van der Waals surface area contributed by atoms with E-state index < -0.39 is 11.5 Å². The molecule has 0 fully saturated rings. The molecule has 0 aromatic carbocycles. The molecule has 4 N–H and O–H groups in total. The summed E-state index contributed by atoms with van der Waals surface area (Å²) in [7, 11) is 0. The average molecular weight is 157 g/mol. The van der Waals surface area contributed by atoms with E-state index in [1.54, 1.807) is 19.9 Å². The van der Waals surface area contributed by atoms with E-state index in [2.05, 4.69) is 10.7 Å². The van der Waals surface area contributed by atoms with Crippen LogP contribution < -0.4 is 11.6 Å². The molecule has 0 aliphatic rings. The van der Waals surface area contributed by atoms with Gasteiger partial charge in [-0.05, 0) is 5.92 Å². The van der Waals surface area contributed by atoms with Gasteiger partial charge in [-0.3, -0.25) is 0 Å². The lowest BCUT2D eigenvalue weighted by Gasteiger charge is -2.21. The fourth-order valence-electron chi connectivity index (χ4n) is 0.508. The van der Waals surface area contributed by atoms with Gasteiger partial charge in [0.15, 0.2) is 0 Å². The minimum atomic E-state index is -1.63. The molecule has 0 spiro atoms. The van der Waals surface area contributed by atoms with Crippen molar-refractivity contribution in [2.24, 2.45) is 17.5 Å². The maximum atomic E-state index is 10.8. The second-order valence-corrected chi connectivity index (χ2v) is 2.54. The van der Waals surface area contributed by atoms with Crippen LogP contribution in [0.25, 0.3) is 0 Å². The number of nitriles is 1. The fourth-order valence-corrected chi connectivity index (χ4v) is 0.508. The van der Waals surface area contributed by atoms with Crippen LogP contribution in [-0.2, 0) is 9.63 Å². The summed E-state index contributed by atoms with van der Waals surface area (Å²) >= 11 is 0. The molecule has 0 saturated heterocycles. The van der Waals surface area contributed by atoms with Crippen LogP contribution >= 0.6 is 0 Å². The predicted octanol–water partition coefficient (Wildman–Crippen LogP) is -0.720. The third-order valence-corrected chi connectivity index (χ3v) is 1.54. The molecular weight excluding hydrogens is 146 g/mol. The first-order valence-corrected chi connectivity index (χ1v) is 3.10. The van der Waals surface area contributed by atoms with Crippen LogP contribution in [0.4, 0.5) is 0 Å². The van der Waals surface area contributed by atoms with E-state index in [1.807, 2.05) is 0 Å². The van der Waals surface area contributed by atoms with Crippen molar-refractivity contribution in [1.82, 2.24) is 0 Å². The van der Waals surface area contributed by atoms with Gasteiger partial charge in [0.1, 0.15) is 0 Å². The van der Waals surface area contributed by atoms with Crippen molar-refractivity contribution in [3.05, 3.63) is 0 Å². The van der Waals surface area contributed by atoms with Crippen LogP contribution in [0.15, 0.2) is 0 Å². The largest absolute Gasteiger partial charge is 0.371 e. The molecule has 0 aromatic heterocycles. The Morgan fingerprint density at radius 2 is 2.18 bits per heavy atom. The Kier molecular flexibility index (Phi) is 2.99. The lowest BCUT2D eigenvalue weighted by Crippen LogP contribution is -2.52. The highest BCUT2D eigenvalue weighted by atomic mass is 16.7. The Morgan fingerprint density at radius 3 is 2.27 bits per heavy atom. The van der Waals surface area contributed by atoms with Crippen molar-refractivity contribution < 1.29 is 9.63 Å². The van der Waals surface area contributed by atoms with E-state index in [9.17, 15) is 4.79 Å². The molecule has 0 aromatic rings. The van der Waals surface area contributed by atoms with Gasteiger partial charge in [0.25, 0.3) is 0 Å². The van der Waals surface area contributed by atoms with E-state index in [4.69, 9.17) is 11.0 Å². The lowest BCUT2D eigenvalue weighted by atomic mass is 9.89. The molecule has 0 amide bonds. The summed E-state index contributed by atoms with van der Waals surface area (Å²) in [6, 6.07) is 1.65. The van der Waals surface area contributed by atoms with Crippen molar-refractivity contribution >= 4 is 5.97 Å². The second kappa shape index (κ2) is 3.32. The number of carbonyl (C=O) groups excluding carboxylic acids is 1. The molecule has 62 valence electrons. The second-order valence-electron chi connectivity index (χ2n) is 2.54. The van der Waals surface area contributed by atoms with Crippen LogP contribution in [0.3, 0.4) is 0 Å². The summed E-state index contributed by atoms with van der Waals surface area (Å²) < 4.78 is 0. The number of nitrogens with zero attached hydrogens (tertiary/aromatic N) is 1. The molecule has 0 saturated carbocycles. The van der Waals surface area contributed by atoms with Gasteiger partial charge in [0.2, 0.25) is 5.54 Å². The van der Waals surface area contributed by atoms with Crippen molar-refractivity contribution in [3.63, 3.8) is 0 Å². The number of hydrogen-bond acceptors (Lipinski definition) is 5. The molecule has 5 nitrogen and oxygen atoms in total. The quantitative estimate of drug-likeness (QED) is 0.515. The Bertz CT molecular complexity index is 196. The molecule has 11 heavy (non-hydrogen) atoms. The molecule has 1 unspecified atom stereocenters. The monoisotopic (exact) mass is 157 g/mol. The van der Waals surface area contributed by atoms with Gasteiger partial charge in [-0.15, -0.1) is 0 Å². The smallest absolute Gasteiger partial charge is 0.359 e. The molecule has 0 heterocycles. The Hall–Kier alpha value is -1.12. The van der Waals surface area contributed by atoms with Gasteiger partial charge in [-0.25, -0.2) is 4.79 Å². The molecule has 0 radical (unpaired) electrons. The summed E-state index contributed by atoms with van der Waals surface area (Å²) in [5, 5.41) is 8.53. The topological polar surface area (TPSA) is 102 Å². The van der Waals surface area contributed by atoms with E-state index in [0.29, 0.717) is 0 Å². The van der Waals surface area contributed by atoms with Crippen molar-refractivity contribution in [2.75, 3.05) is 0 Å². The molecule has 0 aliphatic heterocycles. The van der Waals surface area contributed by atoms with Gasteiger partial charge in [-0.2, -0.15) is 11.2 Å². The summed E-state index contributed by atoms with van der Waals surface area (Å²) in [6.07, 6.45) is 0. The summed E-state index contributed by atoms with van der Waals surface area (Å²) in [6.45, 7) is 3.28. The van der Waals surface area contributed by atoms with Crippen molar-refractivity contribution in [2.45, 2.75) is 19.4 Å². The standard InChI is InChI=1S/C6H11N3O2/c1-4(2)6(8,3-7)5(10)11-9/h4H,8-9H2,1-2H3. The fraction of sp³-hybridized carbons (Fsp3) is 0.667. The minimum Gasteiger partial charge on any atom is -0.371 e. The highest BCUT2D eigenvalue weighted by Crippen LogP contribution is 2.13. The Balaban J connectivity index is 4.64. The normalized spacial score (nSPS) is 15.3. The first kappa shape index (κ1) is 9.88. The van der Waals surface area contributed by atoms with E-state index in [0.717, 1.165) is 0 Å². The van der Waals surface area contributed by atoms with Crippen molar-refractivity contribution in [1.29, 1.82) is 5.26 Å². The maximum absolute atomic E-state index is 10.8. The van der Waals surface area contributed by atoms with Gasteiger partial charge in [0, 0.05) is 0 Å². The highest BCUT2D eigenvalue weighted by Gasteiger charge is 2.39. The number of carbonyl (C=O) groups is 1. The minimum absolute atomic E-state index is 0.330. The zero-order valence-corrected chi connectivity index (χ0v) is 6.50. The Labute approximate surface area is 64.9 Å². The number of hydrogen-bond donors (Lipinski definition) is 2. The van der Waals surface area contributed by atoms with Gasteiger partial charge < -0.3 is 10.6 Å². The molecule has 0 bridgehead atoms. The lowest BCUT2D eigenvalue weighted by molar-refractivity contribution is -0.149. The highest BCUT2D eigenvalue weighted by molar-refractivity contribution is 5.84. The van der Waals surface area contributed by atoms with Crippen LogP contribution in [0.1, 0.15) is 13.8 Å². The summed E-state index contributed by atoms with van der Waals surface area (Å²) in [4.78, 5) is 14.7. The van der Waals surface area contributed by atoms with Crippen LogP contribution in [0.2, 0.25) is 0 Å². The molecule has 5 heteroatoms. The summed E-state index contributed by atoms with van der Waals surface area (Å²) in [5.41, 5.74) is 3.75. The SMILES string of the molecule is CC(C)C(N)(C#N)C(=O)ON. The molecular formula is C6H11N3O2. The van der Waals surface area contributed by atoms with E-state index >= 15 is 0 Å². The third-order valence-electron chi connectivity index (χ3n) is 1.54. The molecule has 1 atom stereocenters. The average Bonchev–Trinajstić information content (AvgIpc) is 2.01. The van der Waals surface area contributed by atoms with E-state index in [-0.39, 0.29) is 5.92 Å². The van der Waals surface area contributed by atoms with Crippen molar-refractivity contribution in [3.8, 4) is 6.07 Å². The third kappa shape index (κ3) is 1.67. The van der Waals surface area contributed by atoms with Crippen LogP contribution in [0, 0.1) is 17.2 Å².